The minimum absolute atomic E-state index is 0.00282. The van der Waals surface area contributed by atoms with Crippen molar-refractivity contribution in [3.63, 3.8) is 0 Å². The molecule has 12 heteroatoms. The van der Waals surface area contributed by atoms with Crippen molar-refractivity contribution in [2.75, 3.05) is 19.6 Å². The third-order valence-corrected chi connectivity index (χ3v) is 8.10. The number of halogens is 3. The minimum Gasteiger partial charge on any atom is -0.387 e. The van der Waals surface area contributed by atoms with E-state index in [9.17, 15) is 36.3 Å². The molecule has 2 aliphatic rings. The van der Waals surface area contributed by atoms with Gasteiger partial charge in [-0.05, 0) is 55.7 Å². The van der Waals surface area contributed by atoms with E-state index >= 15 is 0 Å². The largest absolute Gasteiger partial charge is 0.416 e. The predicted molar refractivity (Wildman–Crippen MR) is 123 cm³/mol. The first-order valence-corrected chi connectivity index (χ1v) is 12.8. The number of carbonyl (C=O) groups is 2. The Balaban J connectivity index is 1.42. The predicted octanol–water partition coefficient (Wildman–Crippen LogP) is 2.38. The Morgan fingerprint density at radius 2 is 1.81 bits per heavy atom. The number of sulfonamides is 1. The van der Waals surface area contributed by atoms with Crippen LogP contribution in [0.2, 0.25) is 0 Å². The molecule has 2 aromatic carbocycles. The summed E-state index contributed by atoms with van der Waals surface area (Å²) in [6.45, 7) is 1.77. The zero-order valence-corrected chi connectivity index (χ0v) is 20.3. The Morgan fingerprint density at radius 3 is 2.42 bits per heavy atom. The monoisotopic (exact) mass is 525 g/mol. The second kappa shape index (κ2) is 9.49. The third kappa shape index (κ3) is 5.40. The van der Waals surface area contributed by atoms with Crippen molar-refractivity contribution in [2.45, 2.75) is 49.0 Å². The molecule has 2 aliphatic heterocycles. The van der Waals surface area contributed by atoms with E-state index < -0.39 is 45.2 Å². The molecule has 2 fully saturated rings. The Hall–Kier alpha value is -2.96. The van der Waals surface area contributed by atoms with Gasteiger partial charge in [0.25, 0.3) is 5.91 Å². The minimum atomic E-state index is -4.45. The van der Waals surface area contributed by atoms with Crippen LogP contribution in [-0.4, -0.2) is 65.8 Å². The Morgan fingerprint density at radius 1 is 1.14 bits per heavy atom. The van der Waals surface area contributed by atoms with E-state index in [-0.39, 0.29) is 30.1 Å². The lowest BCUT2D eigenvalue weighted by Gasteiger charge is -2.42. The summed E-state index contributed by atoms with van der Waals surface area (Å²) in [5, 5.41) is 12.5. The van der Waals surface area contributed by atoms with Gasteiger partial charge in [-0.15, -0.1) is 0 Å². The maximum atomic E-state index is 13.2. The zero-order chi connectivity index (χ0) is 26.3. The molecule has 2 N–H and O–H groups in total. The normalized spacial score (nSPS) is 20.1. The van der Waals surface area contributed by atoms with Crippen LogP contribution in [0, 0.1) is 0 Å². The number of carbonyl (C=O) groups excluding carboxylic acids is 2. The van der Waals surface area contributed by atoms with Gasteiger partial charge in [0.05, 0.1) is 16.1 Å². The molecule has 0 bridgehead atoms. The SMILES string of the molecule is CC1(O)CN(S(=O)(=O)c2cccc(C(=O)N3CCC[C@@H]3C(=O)NCc3ccc(C(F)(F)F)cc3)c2)C1. The average Bonchev–Trinajstić information content (AvgIpc) is 3.30. The van der Waals surface area contributed by atoms with Crippen LogP contribution in [0.25, 0.3) is 0 Å². The Labute approximate surface area is 206 Å². The van der Waals surface area contributed by atoms with Gasteiger partial charge in [-0.1, -0.05) is 18.2 Å². The van der Waals surface area contributed by atoms with Crippen molar-refractivity contribution in [1.29, 1.82) is 0 Å². The molecule has 0 saturated carbocycles. The molecule has 36 heavy (non-hydrogen) atoms. The van der Waals surface area contributed by atoms with E-state index in [4.69, 9.17) is 0 Å². The highest BCUT2D eigenvalue weighted by atomic mass is 32.2. The molecule has 2 heterocycles. The van der Waals surface area contributed by atoms with Crippen LogP contribution in [0.1, 0.15) is 41.3 Å². The number of aliphatic hydroxyl groups is 1. The van der Waals surface area contributed by atoms with Crippen LogP contribution >= 0.6 is 0 Å². The van der Waals surface area contributed by atoms with Gasteiger partial charge in [0.1, 0.15) is 6.04 Å². The first-order valence-electron chi connectivity index (χ1n) is 11.4. The first-order chi connectivity index (χ1) is 16.8. The van der Waals surface area contributed by atoms with Crippen molar-refractivity contribution in [1.82, 2.24) is 14.5 Å². The lowest BCUT2D eigenvalue weighted by Crippen LogP contribution is -2.61. The van der Waals surface area contributed by atoms with Gasteiger partial charge in [0, 0.05) is 31.7 Å². The number of likely N-dealkylation sites (tertiary alicyclic amines) is 1. The fraction of sp³-hybridized carbons (Fsp3) is 0.417. The summed E-state index contributed by atoms with van der Waals surface area (Å²) in [7, 11) is -3.88. The Kier molecular flexibility index (Phi) is 6.88. The van der Waals surface area contributed by atoms with Gasteiger partial charge in [0.15, 0.2) is 0 Å². The second-order valence-corrected chi connectivity index (χ2v) is 11.3. The van der Waals surface area contributed by atoms with Crippen molar-refractivity contribution in [3.8, 4) is 0 Å². The molecule has 0 spiro atoms. The highest BCUT2D eigenvalue weighted by Gasteiger charge is 2.44. The molecule has 0 aromatic heterocycles. The number of β-amino-alcohol motifs (C(OH)–C–C–N with tert-alkyl or cyclic N) is 1. The van der Waals surface area contributed by atoms with E-state index in [1.165, 1.54) is 48.2 Å². The van der Waals surface area contributed by atoms with E-state index in [0.29, 0.717) is 24.9 Å². The van der Waals surface area contributed by atoms with E-state index in [1.54, 1.807) is 0 Å². The van der Waals surface area contributed by atoms with Crippen LogP contribution < -0.4 is 5.32 Å². The van der Waals surface area contributed by atoms with Gasteiger partial charge < -0.3 is 15.3 Å². The average molecular weight is 526 g/mol. The number of benzene rings is 2. The molecule has 0 aliphatic carbocycles. The van der Waals surface area contributed by atoms with Crippen LogP contribution in [0.5, 0.6) is 0 Å². The molecule has 1 atom stereocenters. The molecule has 0 unspecified atom stereocenters. The third-order valence-electron chi connectivity index (χ3n) is 6.32. The molecule has 0 radical (unpaired) electrons. The van der Waals surface area contributed by atoms with E-state index in [1.807, 2.05) is 0 Å². The standard InChI is InChI=1S/C24H26F3N3O5S/c1-23(33)14-29(15-23)36(34,35)19-5-2-4-17(12-19)22(32)30-11-3-6-20(30)21(31)28-13-16-7-9-18(10-8-16)24(25,26)27/h2,4-5,7-10,12,20,33H,3,6,11,13-15H2,1H3,(H,28,31)/t20-/m1/s1. The number of amides is 2. The summed E-state index contributed by atoms with van der Waals surface area (Å²) in [6.07, 6.45) is -3.46. The summed E-state index contributed by atoms with van der Waals surface area (Å²) in [6, 6.07) is 9.23. The maximum absolute atomic E-state index is 13.2. The molecule has 2 aromatic rings. The molecular weight excluding hydrogens is 499 g/mol. The molecule has 8 nitrogen and oxygen atoms in total. The fourth-order valence-electron chi connectivity index (χ4n) is 4.39. The van der Waals surface area contributed by atoms with Crippen molar-refractivity contribution in [3.05, 3.63) is 65.2 Å². The highest BCUT2D eigenvalue weighted by molar-refractivity contribution is 7.89. The zero-order valence-electron chi connectivity index (χ0n) is 19.5. The van der Waals surface area contributed by atoms with Crippen LogP contribution in [0.3, 0.4) is 0 Å². The molecule has 194 valence electrons. The summed E-state index contributed by atoms with van der Waals surface area (Å²) < 4.78 is 65.0. The van der Waals surface area contributed by atoms with Crippen LogP contribution in [0.15, 0.2) is 53.4 Å². The quantitative estimate of drug-likeness (QED) is 0.603. The maximum Gasteiger partial charge on any atom is 0.416 e. The fourth-order valence-corrected chi connectivity index (χ4v) is 6.11. The van der Waals surface area contributed by atoms with Gasteiger partial charge >= 0.3 is 6.18 Å². The number of hydrogen-bond donors (Lipinski definition) is 2. The lowest BCUT2D eigenvalue weighted by atomic mass is 10.0. The number of rotatable bonds is 6. The number of nitrogens with zero attached hydrogens (tertiary/aromatic N) is 2. The van der Waals surface area contributed by atoms with Gasteiger partial charge in [0.2, 0.25) is 15.9 Å². The van der Waals surface area contributed by atoms with E-state index in [0.717, 1.165) is 16.4 Å². The summed E-state index contributed by atoms with van der Waals surface area (Å²) in [5.74, 6) is -0.929. The van der Waals surface area contributed by atoms with Gasteiger partial charge in [-0.2, -0.15) is 17.5 Å². The summed E-state index contributed by atoms with van der Waals surface area (Å²) in [5.41, 5.74) is -1.27. The van der Waals surface area contributed by atoms with Gasteiger partial charge in [-0.3, -0.25) is 9.59 Å². The van der Waals surface area contributed by atoms with Gasteiger partial charge in [-0.25, -0.2) is 8.42 Å². The second-order valence-electron chi connectivity index (χ2n) is 9.37. The number of nitrogens with one attached hydrogen (secondary N) is 1. The molecule has 2 saturated heterocycles. The first kappa shape index (κ1) is 26.1. The lowest BCUT2D eigenvalue weighted by molar-refractivity contribution is -0.137. The van der Waals surface area contributed by atoms with Crippen LogP contribution in [-0.2, 0) is 27.5 Å². The summed E-state index contributed by atoms with van der Waals surface area (Å²) >= 11 is 0. The van der Waals surface area contributed by atoms with E-state index in [2.05, 4.69) is 5.32 Å². The highest BCUT2D eigenvalue weighted by Crippen LogP contribution is 2.30. The van der Waals surface area contributed by atoms with Crippen molar-refractivity contribution >= 4 is 21.8 Å². The number of alkyl halides is 3. The smallest absolute Gasteiger partial charge is 0.387 e. The molecular formula is C24H26F3N3O5S. The number of hydrogen-bond acceptors (Lipinski definition) is 5. The topological polar surface area (TPSA) is 107 Å². The molecule has 4 rings (SSSR count). The van der Waals surface area contributed by atoms with Crippen molar-refractivity contribution in [2.24, 2.45) is 0 Å². The van der Waals surface area contributed by atoms with Crippen LogP contribution in [0.4, 0.5) is 13.2 Å². The Bertz CT molecular complexity index is 1250. The van der Waals surface area contributed by atoms with Crippen molar-refractivity contribution < 1.29 is 36.3 Å². The molecule has 2 amide bonds. The summed E-state index contributed by atoms with van der Waals surface area (Å²) in [4.78, 5) is 27.3.